The van der Waals surface area contributed by atoms with Crippen molar-refractivity contribution in [1.29, 1.82) is 0 Å². The van der Waals surface area contributed by atoms with Gasteiger partial charge in [-0.1, -0.05) is 12.1 Å². The highest BCUT2D eigenvalue weighted by molar-refractivity contribution is 5.92. The Morgan fingerprint density at radius 2 is 1.89 bits per heavy atom. The van der Waals surface area contributed by atoms with Crippen molar-refractivity contribution in [3.8, 4) is 5.75 Å². The largest absolute Gasteiger partial charge is 0.497 e. The molecule has 0 saturated carbocycles. The molecule has 1 aromatic carbocycles. The third-order valence-corrected chi connectivity index (χ3v) is 5.11. The van der Waals surface area contributed by atoms with E-state index < -0.39 is 5.79 Å². The smallest absolute Gasteiger partial charge is 0.270 e. The number of rotatable bonds is 5. The van der Waals surface area contributed by atoms with Gasteiger partial charge < -0.3 is 24.4 Å². The molecular weight excluding hydrogens is 360 g/mol. The molecule has 1 aromatic heterocycles. The number of aromatic nitrogens is 2. The first-order valence-electron chi connectivity index (χ1n) is 9.44. The Kier molecular flexibility index (Phi) is 5.40. The highest BCUT2D eigenvalue weighted by Gasteiger charge is 2.40. The minimum atomic E-state index is -0.441. The molecule has 1 amide bonds. The van der Waals surface area contributed by atoms with E-state index in [9.17, 15) is 4.79 Å². The Morgan fingerprint density at radius 1 is 1.18 bits per heavy atom. The third-order valence-electron chi connectivity index (χ3n) is 5.11. The quantitative estimate of drug-likeness (QED) is 0.841. The molecule has 0 radical (unpaired) electrons. The zero-order chi connectivity index (χ0) is 19.4. The van der Waals surface area contributed by atoms with Crippen molar-refractivity contribution in [3.05, 3.63) is 47.8 Å². The monoisotopic (exact) mass is 384 g/mol. The standard InChI is InChI=1S/C20H24N4O4/c1-26-16-4-2-15(3-5-16)14-22-18(25)17-6-9-21-19(23-17)24-10-7-20(8-11-24)27-12-13-28-20/h2-6,9H,7-8,10-14H2,1H3,(H,22,25). The molecule has 0 bridgehead atoms. The van der Waals surface area contributed by atoms with Crippen LogP contribution in [-0.4, -0.2) is 55.1 Å². The molecule has 2 saturated heterocycles. The molecule has 2 aromatic rings. The summed E-state index contributed by atoms with van der Waals surface area (Å²) in [7, 11) is 1.62. The number of carbonyl (C=O) groups excluding carboxylic acids is 1. The lowest BCUT2D eigenvalue weighted by molar-refractivity contribution is -0.169. The van der Waals surface area contributed by atoms with Crippen molar-refractivity contribution in [1.82, 2.24) is 15.3 Å². The second-order valence-corrected chi connectivity index (χ2v) is 6.87. The van der Waals surface area contributed by atoms with Gasteiger partial charge in [-0.15, -0.1) is 0 Å². The zero-order valence-corrected chi connectivity index (χ0v) is 15.9. The average Bonchev–Trinajstić information content (AvgIpc) is 3.21. The number of amides is 1. The molecule has 2 fully saturated rings. The van der Waals surface area contributed by atoms with Gasteiger partial charge in [0.2, 0.25) is 5.95 Å². The van der Waals surface area contributed by atoms with Crippen LogP contribution in [0.5, 0.6) is 5.75 Å². The Bertz CT molecular complexity index is 811. The van der Waals surface area contributed by atoms with E-state index in [1.54, 1.807) is 19.4 Å². The van der Waals surface area contributed by atoms with Gasteiger partial charge in [-0.3, -0.25) is 4.79 Å². The van der Waals surface area contributed by atoms with Crippen LogP contribution in [0.4, 0.5) is 5.95 Å². The maximum absolute atomic E-state index is 12.5. The van der Waals surface area contributed by atoms with Crippen LogP contribution in [0.25, 0.3) is 0 Å². The first kappa shape index (κ1) is 18.6. The number of hydrogen-bond acceptors (Lipinski definition) is 7. The number of carbonyl (C=O) groups is 1. The van der Waals surface area contributed by atoms with E-state index in [2.05, 4.69) is 20.2 Å². The Morgan fingerprint density at radius 3 is 2.57 bits per heavy atom. The normalized spacial score (nSPS) is 18.2. The molecule has 2 aliphatic heterocycles. The molecule has 28 heavy (non-hydrogen) atoms. The van der Waals surface area contributed by atoms with E-state index in [0.29, 0.717) is 31.4 Å². The number of anilines is 1. The molecule has 0 aliphatic carbocycles. The number of nitrogens with one attached hydrogen (secondary N) is 1. The summed E-state index contributed by atoms with van der Waals surface area (Å²) in [6.45, 7) is 3.19. The van der Waals surface area contributed by atoms with Crippen LogP contribution in [-0.2, 0) is 16.0 Å². The van der Waals surface area contributed by atoms with Crippen LogP contribution in [0.15, 0.2) is 36.5 Å². The summed E-state index contributed by atoms with van der Waals surface area (Å²) < 4.78 is 16.6. The molecule has 2 aliphatic rings. The van der Waals surface area contributed by atoms with Crippen molar-refractivity contribution in [2.45, 2.75) is 25.2 Å². The summed E-state index contributed by atoms with van der Waals surface area (Å²) in [5.41, 5.74) is 1.34. The lowest BCUT2D eigenvalue weighted by atomic mass is 10.0. The van der Waals surface area contributed by atoms with Gasteiger partial charge in [0, 0.05) is 38.7 Å². The van der Waals surface area contributed by atoms with Crippen LogP contribution in [0.3, 0.4) is 0 Å². The number of methoxy groups -OCH3 is 1. The molecule has 1 N–H and O–H groups in total. The average molecular weight is 384 g/mol. The van der Waals surface area contributed by atoms with E-state index in [1.165, 1.54) is 0 Å². The van der Waals surface area contributed by atoms with Crippen molar-refractivity contribution in [2.24, 2.45) is 0 Å². The first-order chi connectivity index (χ1) is 13.7. The highest BCUT2D eigenvalue weighted by Crippen LogP contribution is 2.32. The molecular formula is C20H24N4O4. The van der Waals surface area contributed by atoms with E-state index in [4.69, 9.17) is 14.2 Å². The van der Waals surface area contributed by atoms with Gasteiger partial charge in [-0.2, -0.15) is 0 Å². The Labute approximate surface area is 163 Å². The lowest BCUT2D eigenvalue weighted by Gasteiger charge is -2.37. The van der Waals surface area contributed by atoms with Gasteiger partial charge in [-0.25, -0.2) is 9.97 Å². The van der Waals surface area contributed by atoms with Gasteiger partial charge in [0.25, 0.3) is 5.91 Å². The van der Waals surface area contributed by atoms with Gasteiger partial charge in [0.15, 0.2) is 5.79 Å². The fourth-order valence-corrected chi connectivity index (χ4v) is 3.48. The Hall–Kier alpha value is -2.71. The summed E-state index contributed by atoms with van der Waals surface area (Å²) in [4.78, 5) is 23.4. The maximum Gasteiger partial charge on any atom is 0.270 e. The summed E-state index contributed by atoms with van der Waals surface area (Å²) in [6.07, 6.45) is 3.16. The Balaban J connectivity index is 1.35. The molecule has 8 nitrogen and oxygen atoms in total. The van der Waals surface area contributed by atoms with E-state index in [1.807, 2.05) is 24.3 Å². The third kappa shape index (κ3) is 4.07. The summed E-state index contributed by atoms with van der Waals surface area (Å²) in [6, 6.07) is 9.19. The molecule has 3 heterocycles. The number of piperidine rings is 1. The molecule has 0 unspecified atom stereocenters. The van der Waals surface area contributed by atoms with Crippen molar-refractivity contribution < 1.29 is 19.0 Å². The lowest BCUT2D eigenvalue weighted by Crippen LogP contribution is -2.45. The van der Waals surface area contributed by atoms with Crippen LogP contribution in [0, 0.1) is 0 Å². The van der Waals surface area contributed by atoms with Gasteiger partial charge in [-0.05, 0) is 23.8 Å². The molecule has 8 heteroatoms. The van der Waals surface area contributed by atoms with Crippen molar-refractivity contribution in [3.63, 3.8) is 0 Å². The summed E-state index contributed by atoms with van der Waals surface area (Å²) in [5, 5.41) is 2.89. The van der Waals surface area contributed by atoms with E-state index >= 15 is 0 Å². The fourth-order valence-electron chi connectivity index (χ4n) is 3.48. The summed E-state index contributed by atoms with van der Waals surface area (Å²) in [5.74, 6) is 0.678. The van der Waals surface area contributed by atoms with Crippen LogP contribution >= 0.6 is 0 Å². The second kappa shape index (κ2) is 8.12. The fraction of sp³-hybridized carbons (Fsp3) is 0.450. The predicted octanol–water partition coefficient (Wildman–Crippen LogP) is 1.76. The molecule has 148 valence electrons. The molecule has 1 spiro atoms. The van der Waals surface area contributed by atoms with Crippen molar-refractivity contribution >= 4 is 11.9 Å². The summed E-state index contributed by atoms with van der Waals surface area (Å²) >= 11 is 0. The topological polar surface area (TPSA) is 85.8 Å². The maximum atomic E-state index is 12.5. The zero-order valence-electron chi connectivity index (χ0n) is 15.9. The molecule has 4 rings (SSSR count). The van der Waals surface area contributed by atoms with Gasteiger partial charge in [0.05, 0.1) is 20.3 Å². The molecule has 0 atom stereocenters. The predicted molar refractivity (Wildman–Crippen MR) is 102 cm³/mol. The second-order valence-electron chi connectivity index (χ2n) is 6.87. The number of nitrogens with zero attached hydrogens (tertiary/aromatic N) is 3. The first-order valence-corrected chi connectivity index (χ1v) is 9.44. The highest BCUT2D eigenvalue weighted by atomic mass is 16.7. The van der Waals surface area contributed by atoms with E-state index in [0.717, 1.165) is 37.2 Å². The number of hydrogen-bond donors (Lipinski definition) is 1. The minimum absolute atomic E-state index is 0.226. The minimum Gasteiger partial charge on any atom is -0.497 e. The van der Waals surface area contributed by atoms with Crippen LogP contribution in [0.1, 0.15) is 28.9 Å². The number of ether oxygens (including phenoxy) is 3. The van der Waals surface area contributed by atoms with Gasteiger partial charge >= 0.3 is 0 Å². The van der Waals surface area contributed by atoms with E-state index in [-0.39, 0.29) is 5.91 Å². The van der Waals surface area contributed by atoms with Crippen LogP contribution in [0.2, 0.25) is 0 Å². The van der Waals surface area contributed by atoms with Gasteiger partial charge in [0.1, 0.15) is 11.4 Å². The van der Waals surface area contributed by atoms with Crippen LogP contribution < -0.4 is 15.0 Å². The SMILES string of the molecule is COc1ccc(CNC(=O)c2ccnc(N3CCC4(CC3)OCCO4)n2)cc1. The number of benzene rings is 1. The van der Waals surface area contributed by atoms with Crippen molar-refractivity contribution in [2.75, 3.05) is 38.3 Å².